The molecule has 1 fully saturated rings. The molecule has 10 heteroatoms. The minimum atomic E-state index is -0.893. The molecule has 2 heterocycles. The summed E-state index contributed by atoms with van der Waals surface area (Å²) < 4.78 is 13.9. The van der Waals surface area contributed by atoms with E-state index in [0.717, 1.165) is 37.4 Å². The number of hydrogen-bond donors (Lipinski definition) is 3. The monoisotopic (exact) mass is 571 g/mol. The molecule has 3 N–H and O–H groups in total. The van der Waals surface area contributed by atoms with Crippen molar-refractivity contribution >= 4 is 46.1 Å². The number of carbonyl (C=O) groups is 3. The van der Waals surface area contributed by atoms with Crippen molar-refractivity contribution in [1.29, 1.82) is 0 Å². The fourth-order valence-electron chi connectivity index (χ4n) is 5.17. The van der Waals surface area contributed by atoms with Crippen molar-refractivity contribution in [3.8, 4) is 0 Å². The first-order chi connectivity index (χ1) is 20.2. The summed E-state index contributed by atoms with van der Waals surface area (Å²) >= 11 is 0. The van der Waals surface area contributed by atoms with Crippen LogP contribution in [0.2, 0.25) is 0 Å². The second-order valence-corrected chi connectivity index (χ2v) is 10.7. The molecule has 0 bridgehead atoms. The smallest absolute Gasteiger partial charge is 0.303 e. The Balaban J connectivity index is 1.42. The van der Waals surface area contributed by atoms with Gasteiger partial charge in [-0.2, -0.15) is 0 Å². The molecule has 0 spiro atoms. The topological polar surface area (TPSA) is 105 Å². The summed E-state index contributed by atoms with van der Waals surface area (Å²) in [5.41, 5.74) is 4.71. The molecule has 3 aromatic rings. The largest absolute Gasteiger partial charge is 0.481 e. The number of piperazine rings is 1. The molecule has 0 aromatic heterocycles. The molecule has 0 atom stereocenters. The fraction of sp³-hybridized carbons (Fsp3) is 0.281. The van der Waals surface area contributed by atoms with Crippen LogP contribution in [0.15, 0.2) is 66.7 Å². The maximum Gasteiger partial charge on any atom is 0.303 e. The van der Waals surface area contributed by atoms with Crippen molar-refractivity contribution in [3.63, 3.8) is 0 Å². The van der Waals surface area contributed by atoms with Gasteiger partial charge in [-0.15, -0.1) is 0 Å². The minimum Gasteiger partial charge on any atom is -0.481 e. The number of hydrogen-bond acceptors (Lipinski definition) is 6. The van der Waals surface area contributed by atoms with E-state index in [-0.39, 0.29) is 18.2 Å². The molecule has 218 valence electrons. The highest BCUT2D eigenvalue weighted by Crippen LogP contribution is 2.38. The Morgan fingerprint density at radius 1 is 1.02 bits per heavy atom. The van der Waals surface area contributed by atoms with Gasteiger partial charge in [0.15, 0.2) is 0 Å². The van der Waals surface area contributed by atoms with Crippen molar-refractivity contribution < 1.29 is 23.9 Å². The Morgan fingerprint density at radius 3 is 2.48 bits per heavy atom. The average molecular weight is 572 g/mol. The number of aryl methyl sites for hydroxylation is 1. The zero-order valence-electron chi connectivity index (χ0n) is 23.7. The van der Waals surface area contributed by atoms with E-state index in [0.29, 0.717) is 46.7 Å². The van der Waals surface area contributed by atoms with Crippen LogP contribution in [-0.4, -0.2) is 79.5 Å². The van der Waals surface area contributed by atoms with Crippen molar-refractivity contribution in [2.75, 3.05) is 62.4 Å². The van der Waals surface area contributed by atoms with E-state index in [1.165, 1.54) is 12.1 Å². The third-order valence-corrected chi connectivity index (χ3v) is 7.67. The lowest BCUT2D eigenvalue weighted by molar-refractivity contribution is -0.137. The van der Waals surface area contributed by atoms with Gasteiger partial charge in [0.2, 0.25) is 5.91 Å². The van der Waals surface area contributed by atoms with Gasteiger partial charge in [0.1, 0.15) is 5.82 Å². The van der Waals surface area contributed by atoms with E-state index in [4.69, 9.17) is 5.11 Å². The summed E-state index contributed by atoms with van der Waals surface area (Å²) in [5.74, 6) is -1.72. The van der Waals surface area contributed by atoms with Crippen molar-refractivity contribution in [2.45, 2.75) is 12.8 Å². The number of likely N-dealkylation sites (N-methyl/N-ethyl adjacent to an activating group) is 2. The highest BCUT2D eigenvalue weighted by atomic mass is 19.1. The molecule has 0 saturated carbocycles. The van der Waals surface area contributed by atoms with E-state index < -0.39 is 11.8 Å². The molecule has 42 heavy (non-hydrogen) atoms. The standard InChI is InChI=1S/C32H34FN5O4/c1-36-14-16-38(17-15-36)20-28(39)37(2)25-10-8-24(9-11-25)34-31(22-5-3-4-21(18-22)6-13-29(40)41)30-26-12-7-23(33)19-27(26)35-32(30)42/h3-5,7-12,18-19,34H,6,13-17,20H2,1-2H3,(H,35,42)(H,40,41). The second kappa shape index (κ2) is 12.5. The Morgan fingerprint density at radius 2 is 1.76 bits per heavy atom. The number of nitrogens with one attached hydrogen (secondary N) is 2. The lowest BCUT2D eigenvalue weighted by Crippen LogP contribution is -2.48. The molecule has 2 amide bonds. The molecular weight excluding hydrogens is 537 g/mol. The second-order valence-electron chi connectivity index (χ2n) is 10.7. The molecule has 9 nitrogen and oxygen atoms in total. The summed E-state index contributed by atoms with van der Waals surface area (Å²) in [7, 11) is 3.84. The summed E-state index contributed by atoms with van der Waals surface area (Å²) in [6, 6.07) is 18.9. The molecule has 0 unspecified atom stereocenters. The lowest BCUT2D eigenvalue weighted by Gasteiger charge is -2.32. The SMILES string of the molecule is CN1CCN(CC(=O)N(C)c2ccc(NC(=C3C(=O)Nc4cc(F)ccc43)c3cccc(CCC(=O)O)c3)cc2)CC1. The van der Waals surface area contributed by atoms with Gasteiger partial charge in [-0.1, -0.05) is 18.2 Å². The number of nitrogens with zero attached hydrogens (tertiary/aromatic N) is 3. The van der Waals surface area contributed by atoms with Crippen LogP contribution >= 0.6 is 0 Å². The van der Waals surface area contributed by atoms with Gasteiger partial charge >= 0.3 is 5.97 Å². The fourth-order valence-corrected chi connectivity index (χ4v) is 5.17. The molecule has 2 aliphatic rings. The quantitative estimate of drug-likeness (QED) is 0.334. The van der Waals surface area contributed by atoms with Crippen LogP contribution in [0, 0.1) is 5.82 Å². The first kappa shape index (κ1) is 29.0. The Bertz CT molecular complexity index is 1530. The van der Waals surface area contributed by atoms with Gasteiger partial charge in [-0.05, 0) is 73.1 Å². The first-order valence-corrected chi connectivity index (χ1v) is 13.9. The average Bonchev–Trinajstić information content (AvgIpc) is 3.30. The predicted molar refractivity (Wildman–Crippen MR) is 162 cm³/mol. The van der Waals surface area contributed by atoms with Gasteiger partial charge < -0.3 is 25.5 Å². The molecule has 1 saturated heterocycles. The summed E-state index contributed by atoms with van der Waals surface area (Å²) in [6.07, 6.45) is 0.316. The highest BCUT2D eigenvalue weighted by molar-refractivity contribution is 6.37. The Hall–Kier alpha value is -4.54. The number of benzene rings is 3. The third-order valence-electron chi connectivity index (χ3n) is 7.67. The van der Waals surface area contributed by atoms with Crippen molar-refractivity contribution in [1.82, 2.24) is 9.80 Å². The number of aliphatic carboxylic acids is 1. The molecule has 3 aromatic carbocycles. The van der Waals surface area contributed by atoms with Crippen LogP contribution < -0.4 is 15.5 Å². The number of amides is 2. The number of anilines is 3. The van der Waals surface area contributed by atoms with Gasteiger partial charge in [0, 0.05) is 56.6 Å². The van der Waals surface area contributed by atoms with E-state index in [9.17, 15) is 18.8 Å². The molecule has 2 aliphatic heterocycles. The van der Waals surface area contributed by atoms with Crippen LogP contribution in [0.1, 0.15) is 23.1 Å². The molecule has 0 radical (unpaired) electrons. The van der Waals surface area contributed by atoms with E-state index in [2.05, 4.69) is 27.5 Å². The van der Waals surface area contributed by atoms with Gasteiger partial charge in [-0.3, -0.25) is 19.3 Å². The summed E-state index contributed by atoms with van der Waals surface area (Å²) in [5, 5.41) is 15.3. The van der Waals surface area contributed by atoms with Gasteiger partial charge in [0.05, 0.1) is 23.5 Å². The Kier molecular flexibility index (Phi) is 8.65. The maximum absolute atomic E-state index is 13.9. The Labute approximate surface area is 244 Å². The minimum absolute atomic E-state index is 0.00714. The van der Waals surface area contributed by atoms with Gasteiger partial charge in [-0.25, -0.2) is 4.39 Å². The lowest BCUT2D eigenvalue weighted by atomic mass is 9.97. The highest BCUT2D eigenvalue weighted by Gasteiger charge is 2.29. The molecule has 5 rings (SSSR count). The van der Waals surface area contributed by atoms with Gasteiger partial charge in [0.25, 0.3) is 5.91 Å². The van der Waals surface area contributed by atoms with Crippen molar-refractivity contribution in [2.24, 2.45) is 0 Å². The van der Waals surface area contributed by atoms with Crippen LogP contribution in [0.25, 0.3) is 11.3 Å². The van der Waals surface area contributed by atoms with Crippen LogP contribution in [-0.2, 0) is 20.8 Å². The first-order valence-electron chi connectivity index (χ1n) is 13.9. The number of carbonyl (C=O) groups excluding carboxylic acids is 2. The molecule has 0 aliphatic carbocycles. The maximum atomic E-state index is 13.9. The molecular formula is C32H34FN5O4. The number of halogens is 1. The van der Waals surface area contributed by atoms with Crippen molar-refractivity contribution in [3.05, 3.63) is 89.2 Å². The van der Waals surface area contributed by atoms with Crippen LogP contribution in [0.4, 0.5) is 21.5 Å². The number of carboxylic acids is 1. The summed E-state index contributed by atoms with van der Waals surface area (Å²) in [4.78, 5) is 43.3. The van der Waals surface area contributed by atoms with Crippen LogP contribution in [0.3, 0.4) is 0 Å². The van der Waals surface area contributed by atoms with Crippen LogP contribution in [0.5, 0.6) is 0 Å². The normalized spacial score (nSPS) is 16.5. The predicted octanol–water partition coefficient (Wildman–Crippen LogP) is 3.99. The third kappa shape index (κ3) is 6.67. The zero-order chi connectivity index (χ0) is 29.8. The van der Waals surface area contributed by atoms with E-state index >= 15 is 0 Å². The summed E-state index contributed by atoms with van der Waals surface area (Å²) in [6.45, 7) is 3.95. The van der Waals surface area contributed by atoms with E-state index in [1.54, 1.807) is 18.0 Å². The number of fused-ring (bicyclic) bond motifs is 1. The zero-order valence-corrected chi connectivity index (χ0v) is 23.7. The number of carboxylic acid groups (broad SMARTS) is 1. The van der Waals surface area contributed by atoms with E-state index in [1.807, 2.05) is 48.5 Å². The number of rotatable bonds is 9.